The first-order chi connectivity index (χ1) is 9.16. The zero-order valence-electron chi connectivity index (χ0n) is 9.92. The van der Waals surface area contributed by atoms with Crippen molar-refractivity contribution in [2.24, 2.45) is 0 Å². The molecule has 1 saturated heterocycles. The maximum atomic E-state index is 12.4. The number of anilines is 1. The van der Waals surface area contributed by atoms with E-state index in [9.17, 15) is 9.59 Å². The lowest BCUT2D eigenvalue weighted by atomic mass is 10.3. The Bertz CT molecular complexity index is 668. The van der Waals surface area contributed by atoms with Crippen molar-refractivity contribution in [1.82, 2.24) is 20.2 Å². The van der Waals surface area contributed by atoms with Crippen molar-refractivity contribution in [1.29, 1.82) is 0 Å². The van der Waals surface area contributed by atoms with E-state index in [1.54, 1.807) is 6.20 Å². The number of thiophene rings is 1. The Morgan fingerprint density at radius 3 is 2.95 bits per heavy atom. The second-order valence-electron chi connectivity index (χ2n) is 4.13. The molecule has 0 saturated carbocycles. The summed E-state index contributed by atoms with van der Waals surface area (Å²) < 4.78 is 0. The zero-order valence-corrected chi connectivity index (χ0v) is 10.7. The predicted octanol–water partition coefficient (Wildman–Crippen LogP) is -0.155. The van der Waals surface area contributed by atoms with Crippen LogP contribution in [0.15, 0.2) is 12.4 Å². The fourth-order valence-electron chi connectivity index (χ4n) is 1.96. The Balaban J connectivity index is 1.97. The second-order valence-corrected chi connectivity index (χ2v) is 5.13. The largest absolute Gasteiger partial charge is 0.396 e. The van der Waals surface area contributed by atoms with Crippen LogP contribution in [0.2, 0.25) is 0 Å². The van der Waals surface area contributed by atoms with Gasteiger partial charge in [-0.05, 0) is 0 Å². The summed E-state index contributed by atoms with van der Waals surface area (Å²) in [5.74, 6) is -0.396. The van der Waals surface area contributed by atoms with Crippen LogP contribution < -0.4 is 11.1 Å². The smallest absolute Gasteiger partial charge is 0.266 e. The quantitative estimate of drug-likeness (QED) is 0.754. The highest BCUT2D eigenvalue weighted by Crippen LogP contribution is 2.31. The van der Waals surface area contributed by atoms with E-state index < -0.39 is 0 Å². The predicted molar refractivity (Wildman–Crippen MR) is 70.7 cm³/mol. The molecule has 0 radical (unpaired) electrons. The highest BCUT2D eigenvalue weighted by Gasteiger charge is 2.26. The van der Waals surface area contributed by atoms with Crippen LogP contribution in [0.4, 0.5) is 5.69 Å². The van der Waals surface area contributed by atoms with Crippen LogP contribution in [-0.2, 0) is 4.79 Å². The molecular weight excluding hydrogens is 266 g/mol. The van der Waals surface area contributed by atoms with Crippen molar-refractivity contribution < 1.29 is 9.59 Å². The summed E-state index contributed by atoms with van der Waals surface area (Å²) in [6, 6.07) is 0. The lowest BCUT2D eigenvalue weighted by Crippen LogP contribution is -2.49. The molecule has 3 rings (SSSR count). The number of nitrogen functional groups attached to an aromatic ring is 1. The van der Waals surface area contributed by atoms with Gasteiger partial charge in [0.2, 0.25) is 5.91 Å². The van der Waals surface area contributed by atoms with Crippen LogP contribution in [0.25, 0.3) is 10.3 Å². The number of amides is 2. The van der Waals surface area contributed by atoms with Crippen molar-refractivity contribution >= 4 is 39.2 Å². The van der Waals surface area contributed by atoms with E-state index in [-0.39, 0.29) is 18.4 Å². The molecule has 2 aromatic heterocycles. The molecule has 3 N–H and O–H groups in total. The molecule has 98 valence electrons. The highest BCUT2D eigenvalue weighted by atomic mass is 32.1. The third-order valence-corrected chi connectivity index (χ3v) is 3.97. The van der Waals surface area contributed by atoms with Gasteiger partial charge in [-0.2, -0.15) is 0 Å². The average molecular weight is 277 g/mol. The lowest BCUT2D eigenvalue weighted by molar-refractivity contribution is -0.123. The summed E-state index contributed by atoms with van der Waals surface area (Å²) in [6.45, 7) is 1.01. The molecule has 0 bridgehead atoms. The summed E-state index contributed by atoms with van der Waals surface area (Å²) in [4.78, 5) is 34.4. The number of hydrogen-bond acceptors (Lipinski definition) is 6. The van der Waals surface area contributed by atoms with Gasteiger partial charge >= 0.3 is 0 Å². The molecular formula is C11H11N5O2S. The number of fused-ring (bicyclic) bond motifs is 1. The summed E-state index contributed by atoms with van der Waals surface area (Å²) >= 11 is 1.21. The molecule has 8 heteroatoms. The minimum Gasteiger partial charge on any atom is -0.396 e. The first-order valence-corrected chi connectivity index (χ1v) is 6.53. The Kier molecular flexibility index (Phi) is 2.79. The molecule has 0 aromatic carbocycles. The van der Waals surface area contributed by atoms with Crippen LogP contribution in [0, 0.1) is 0 Å². The molecule has 7 nitrogen and oxygen atoms in total. The zero-order chi connectivity index (χ0) is 13.4. The van der Waals surface area contributed by atoms with Gasteiger partial charge in [-0.1, -0.05) is 0 Å². The average Bonchev–Trinajstić information content (AvgIpc) is 2.76. The SMILES string of the molecule is Nc1c(C(=O)N2CCNC(=O)C2)sc2nccnc12. The number of aromatic nitrogens is 2. The number of hydrogen-bond donors (Lipinski definition) is 2. The molecule has 2 amide bonds. The Labute approximate surface area is 112 Å². The summed E-state index contributed by atoms with van der Waals surface area (Å²) in [5, 5.41) is 2.67. The number of rotatable bonds is 1. The van der Waals surface area contributed by atoms with E-state index in [0.29, 0.717) is 34.0 Å². The number of carbonyl (C=O) groups is 2. The van der Waals surface area contributed by atoms with E-state index >= 15 is 0 Å². The maximum absolute atomic E-state index is 12.4. The fraction of sp³-hybridized carbons (Fsp3) is 0.273. The van der Waals surface area contributed by atoms with Crippen LogP contribution in [0.3, 0.4) is 0 Å². The lowest BCUT2D eigenvalue weighted by Gasteiger charge is -2.26. The molecule has 2 aromatic rings. The van der Waals surface area contributed by atoms with Gasteiger partial charge in [-0.15, -0.1) is 11.3 Å². The van der Waals surface area contributed by atoms with E-state index in [1.807, 2.05) is 0 Å². The van der Waals surface area contributed by atoms with E-state index in [4.69, 9.17) is 5.73 Å². The Morgan fingerprint density at radius 1 is 1.42 bits per heavy atom. The summed E-state index contributed by atoms with van der Waals surface area (Å²) in [5.41, 5.74) is 6.82. The molecule has 0 aliphatic carbocycles. The minimum absolute atomic E-state index is 0.0629. The second kappa shape index (κ2) is 4.47. The normalized spacial score (nSPS) is 15.6. The van der Waals surface area contributed by atoms with Gasteiger partial charge in [-0.3, -0.25) is 9.59 Å². The van der Waals surface area contributed by atoms with Crippen molar-refractivity contribution in [3.63, 3.8) is 0 Å². The van der Waals surface area contributed by atoms with Gasteiger partial charge in [0.05, 0.1) is 12.2 Å². The molecule has 1 aliphatic rings. The van der Waals surface area contributed by atoms with Gasteiger partial charge in [0.25, 0.3) is 5.91 Å². The van der Waals surface area contributed by atoms with Gasteiger partial charge in [0.1, 0.15) is 15.2 Å². The Morgan fingerprint density at radius 2 is 2.21 bits per heavy atom. The number of nitrogens with zero attached hydrogens (tertiary/aromatic N) is 3. The molecule has 1 fully saturated rings. The third kappa shape index (κ3) is 1.99. The van der Waals surface area contributed by atoms with E-state index in [0.717, 1.165) is 0 Å². The van der Waals surface area contributed by atoms with Crippen molar-refractivity contribution in [2.45, 2.75) is 0 Å². The fourth-order valence-corrected chi connectivity index (χ4v) is 2.95. The topological polar surface area (TPSA) is 101 Å². The van der Waals surface area contributed by atoms with Crippen molar-refractivity contribution in [3.05, 3.63) is 17.3 Å². The monoisotopic (exact) mass is 277 g/mol. The molecule has 0 atom stereocenters. The van der Waals surface area contributed by atoms with Crippen LogP contribution in [0.5, 0.6) is 0 Å². The first-order valence-electron chi connectivity index (χ1n) is 5.72. The molecule has 0 unspecified atom stereocenters. The van der Waals surface area contributed by atoms with E-state index in [1.165, 1.54) is 22.4 Å². The maximum Gasteiger partial charge on any atom is 0.266 e. The van der Waals surface area contributed by atoms with E-state index in [2.05, 4.69) is 15.3 Å². The van der Waals surface area contributed by atoms with Crippen LogP contribution >= 0.6 is 11.3 Å². The number of nitrogens with two attached hydrogens (primary N) is 1. The number of piperazine rings is 1. The van der Waals surface area contributed by atoms with Gasteiger partial charge < -0.3 is 16.0 Å². The van der Waals surface area contributed by atoms with Gasteiger partial charge in [-0.25, -0.2) is 9.97 Å². The number of carbonyl (C=O) groups excluding carboxylic acids is 2. The third-order valence-electron chi connectivity index (χ3n) is 2.88. The van der Waals surface area contributed by atoms with Crippen molar-refractivity contribution in [2.75, 3.05) is 25.4 Å². The first kappa shape index (κ1) is 11.8. The van der Waals surface area contributed by atoms with Crippen molar-refractivity contribution in [3.8, 4) is 0 Å². The standard InChI is InChI=1S/C11H11N5O2S/c12-7-8-10(15-2-1-14-8)19-9(7)11(18)16-4-3-13-6(17)5-16/h1-2H,3-5,12H2,(H,13,17). The van der Waals surface area contributed by atoms with Gasteiger partial charge in [0.15, 0.2) is 0 Å². The Hall–Kier alpha value is -2.22. The molecule has 19 heavy (non-hydrogen) atoms. The summed E-state index contributed by atoms with van der Waals surface area (Å²) in [7, 11) is 0. The minimum atomic E-state index is -0.239. The summed E-state index contributed by atoms with van der Waals surface area (Å²) in [6.07, 6.45) is 3.09. The molecule has 3 heterocycles. The number of nitrogens with one attached hydrogen (secondary N) is 1. The van der Waals surface area contributed by atoms with Gasteiger partial charge in [0, 0.05) is 25.5 Å². The molecule has 0 spiro atoms. The van der Waals surface area contributed by atoms with Crippen LogP contribution in [-0.4, -0.2) is 46.3 Å². The van der Waals surface area contributed by atoms with Crippen LogP contribution in [0.1, 0.15) is 9.67 Å². The molecule has 1 aliphatic heterocycles. The highest BCUT2D eigenvalue weighted by molar-refractivity contribution is 7.21.